The van der Waals surface area contributed by atoms with Gasteiger partial charge in [-0.05, 0) is 29.8 Å². The summed E-state index contributed by atoms with van der Waals surface area (Å²) < 4.78 is 65.4. The van der Waals surface area contributed by atoms with Gasteiger partial charge in [-0.3, -0.25) is 4.72 Å². The van der Waals surface area contributed by atoms with Crippen LogP contribution in [0.5, 0.6) is 0 Å². The fourth-order valence-corrected chi connectivity index (χ4v) is 2.78. The van der Waals surface area contributed by atoms with Crippen LogP contribution in [0, 0.1) is 17.5 Å². The third-order valence-corrected chi connectivity index (χ3v) is 4.09. The maximum absolute atomic E-state index is 13.5. The zero-order valence-corrected chi connectivity index (χ0v) is 11.4. The normalized spacial score (nSPS) is 11.4. The number of benzene rings is 2. The average molecular weight is 316 g/mol. The number of nitrogens with one attached hydrogen (secondary N) is 1. The van der Waals surface area contributed by atoms with Crippen molar-refractivity contribution in [2.24, 2.45) is 5.73 Å². The maximum Gasteiger partial charge on any atom is 0.261 e. The number of rotatable bonds is 4. The van der Waals surface area contributed by atoms with Gasteiger partial charge in [-0.25, -0.2) is 21.6 Å². The highest BCUT2D eigenvalue weighted by Gasteiger charge is 2.20. The number of hydrogen-bond donors (Lipinski definition) is 2. The number of sulfonamides is 1. The molecule has 21 heavy (non-hydrogen) atoms. The number of anilines is 1. The molecule has 0 aliphatic rings. The number of hydrogen-bond acceptors (Lipinski definition) is 3. The summed E-state index contributed by atoms with van der Waals surface area (Å²) in [6.45, 7) is 0.128. The fourth-order valence-electron chi connectivity index (χ4n) is 1.65. The van der Waals surface area contributed by atoms with Crippen LogP contribution in [0.2, 0.25) is 0 Å². The molecule has 0 spiro atoms. The van der Waals surface area contributed by atoms with Crippen LogP contribution in [0.4, 0.5) is 18.9 Å². The second-order valence-electron chi connectivity index (χ2n) is 4.18. The molecular weight excluding hydrogens is 305 g/mol. The minimum Gasteiger partial charge on any atom is -0.326 e. The van der Waals surface area contributed by atoms with Gasteiger partial charge in [0.25, 0.3) is 10.0 Å². The summed E-state index contributed by atoms with van der Waals surface area (Å²) in [4.78, 5) is -0.158. The molecule has 0 aliphatic heterocycles. The van der Waals surface area contributed by atoms with Crippen LogP contribution in [0.15, 0.2) is 41.3 Å². The molecule has 3 N–H and O–H groups in total. The van der Waals surface area contributed by atoms with E-state index in [2.05, 4.69) is 0 Å². The lowest BCUT2D eigenvalue weighted by atomic mass is 10.2. The fraction of sp³-hybridized carbons (Fsp3) is 0.0769. The minimum atomic E-state index is -4.13. The average Bonchev–Trinajstić information content (AvgIpc) is 2.48. The highest BCUT2D eigenvalue weighted by molar-refractivity contribution is 7.92. The third kappa shape index (κ3) is 3.17. The lowest BCUT2D eigenvalue weighted by Crippen LogP contribution is -2.15. The van der Waals surface area contributed by atoms with Crippen LogP contribution in [0.25, 0.3) is 0 Å². The van der Waals surface area contributed by atoms with Crippen molar-refractivity contribution in [2.75, 3.05) is 4.72 Å². The lowest BCUT2D eigenvalue weighted by molar-refractivity contribution is 0.449. The van der Waals surface area contributed by atoms with Crippen LogP contribution in [0.1, 0.15) is 5.56 Å². The van der Waals surface area contributed by atoms with Crippen molar-refractivity contribution in [1.82, 2.24) is 0 Å². The molecule has 112 valence electrons. The molecule has 2 aromatic carbocycles. The summed E-state index contributed by atoms with van der Waals surface area (Å²) in [5.41, 5.74) is 5.29. The summed E-state index contributed by atoms with van der Waals surface area (Å²) in [6, 6.07) is 7.11. The van der Waals surface area contributed by atoms with Gasteiger partial charge in [-0.2, -0.15) is 0 Å². The largest absolute Gasteiger partial charge is 0.326 e. The maximum atomic E-state index is 13.5. The van der Waals surface area contributed by atoms with Gasteiger partial charge < -0.3 is 5.73 Å². The molecule has 0 amide bonds. The van der Waals surface area contributed by atoms with Crippen molar-refractivity contribution in [3.05, 3.63) is 59.4 Å². The van der Waals surface area contributed by atoms with Crippen molar-refractivity contribution >= 4 is 15.7 Å². The van der Waals surface area contributed by atoms with Crippen LogP contribution in [-0.2, 0) is 16.6 Å². The van der Waals surface area contributed by atoms with Crippen molar-refractivity contribution in [1.29, 1.82) is 0 Å². The standard InChI is InChI=1S/C13H11F3N2O2S/c14-10-4-5-11(13(16)12(10)15)18-21(19,20)9-3-1-2-8(6-9)7-17/h1-6,18H,7,17H2. The van der Waals surface area contributed by atoms with E-state index in [9.17, 15) is 21.6 Å². The smallest absolute Gasteiger partial charge is 0.261 e. The predicted octanol–water partition coefficient (Wildman–Crippen LogP) is 2.36. The summed E-state index contributed by atoms with van der Waals surface area (Å²) in [5.74, 6) is -4.75. The topological polar surface area (TPSA) is 72.2 Å². The molecule has 0 atom stereocenters. The molecule has 0 aliphatic carbocycles. The first-order valence-electron chi connectivity index (χ1n) is 5.80. The highest BCUT2D eigenvalue weighted by atomic mass is 32.2. The lowest BCUT2D eigenvalue weighted by Gasteiger charge is -2.10. The summed E-state index contributed by atoms with van der Waals surface area (Å²) in [6.07, 6.45) is 0. The van der Waals surface area contributed by atoms with Gasteiger partial charge in [0, 0.05) is 6.54 Å². The molecule has 0 aromatic heterocycles. The molecule has 8 heteroatoms. The summed E-state index contributed by atoms with van der Waals surface area (Å²) >= 11 is 0. The second-order valence-corrected chi connectivity index (χ2v) is 5.86. The molecule has 2 aromatic rings. The summed E-state index contributed by atoms with van der Waals surface area (Å²) in [7, 11) is -4.13. The van der Waals surface area contributed by atoms with Gasteiger partial charge in [-0.15, -0.1) is 0 Å². The molecule has 0 saturated carbocycles. The van der Waals surface area contributed by atoms with E-state index in [1.807, 2.05) is 4.72 Å². The highest BCUT2D eigenvalue weighted by Crippen LogP contribution is 2.23. The monoisotopic (exact) mass is 316 g/mol. The first-order chi connectivity index (χ1) is 9.85. The Bertz CT molecular complexity index is 779. The Labute approximate surface area is 119 Å². The van der Waals surface area contributed by atoms with Gasteiger partial charge in [0.2, 0.25) is 0 Å². The Hall–Kier alpha value is -2.06. The molecular formula is C13H11F3N2O2S. The van der Waals surface area contributed by atoms with Gasteiger partial charge in [0.05, 0.1) is 10.6 Å². The van der Waals surface area contributed by atoms with Crippen molar-refractivity contribution in [2.45, 2.75) is 11.4 Å². The zero-order valence-electron chi connectivity index (χ0n) is 10.6. The zero-order chi connectivity index (χ0) is 15.6. The first-order valence-corrected chi connectivity index (χ1v) is 7.29. The van der Waals surface area contributed by atoms with Gasteiger partial charge in [0.15, 0.2) is 17.5 Å². The molecule has 0 bridgehead atoms. The van der Waals surface area contributed by atoms with Crippen LogP contribution in [-0.4, -0.2) is 8.42 Å². The first kappa shape index (κ1) is 15.3. The van der Waals surface area contributed by atoms with Gasteiger partial charge in [-0.1, -0.05) is 12.1 Å². The number of halogens is 3. The quantitative estimate of drug-likeness (QED) is 0.851. The van der Waals surface area contributed by atoms with E-state index in [1.165, 1.54) is 18.2 Å². The van der Waals surface area contributed by atoms with E-state index < -0.39 is 33.2 Å². The Morgan fingerprint density at radius 1 is 1.05 bits per heavy atom. The molecule has 0 radical (unpaired) electrons. The van der Waals surface area contributed by atoms with E-state index in [0.717, 1.165) is 6.07 Å². The molecule has 4 nitrogen and oxygen atoms in total. The Morgan fingerprint density at radius 2 is 1.76 bits per heavy atom. The molecule has 0 fully saturated rings. The van der Waals surface area contributed by atoms with Crippen LogP contribution >= 0.6 is 0 Å². The SMILES string of the molecule is NCc1cccc(S(=O)(=O)Nc2ccc(F)c(F)c2F)c1. The van der Waals surface area contributed by atoms with E-state index in [4.69, 9.17) is 5.73 Å². The molecule has 0 unspecified atom stereocenters. The van der Waals surface area contributed by atoms with E-state index in [-0.39, 0.29) is 11.4 Å². The van der Waals surface area contributed by atoms with Gasteiger partial charge >= 0.3 is 0 Å². The Kier molecular flexibility index (Phi) is 4.19. The van der Waals surface area contributed by atoms with Crippen molar-refractivity contribution in [3.63, 3.8) is 0 Å². The van der Waals surface area contributed by atoms with E-state index in [0.29, 0.717) is 11.6 Å². The van der Waals surface area contributed by atoms with Crippen LogP contribution in [0.3, 0.4) is 0 Å². The van der Waals surface area contributed by atoms with E-state index in [1.54, 1.807) is 6.07 Å². The van der Waals surface area contributed by atoms with Crippen molar-refractivity contribution < 1.29 is 21.6 Å². The van der Waals surface area contributed by atoms with Gasteiger partial charge in [0.1, 0.15) is 0 Å². The molecule has 0 heterocycles. The third-order valence-electron chi connectivity index (χ3n) is 2.72. The molecule has 2 rings (SSSR count). The number of nitrogens with two attached hydrogens (primary N) is 1. The van der Waals surface area contributed by atoms with E-state index >= 15 is 0 Å². The van der Waals surface area contributed by atoms with Crippen molar-refractivity contribution in [3.8, 4) is 0 Å². The summed E-state index contributed by atoms with van der Waals surface area (Å²) in [5, 5.41) is 0. The molecule has 0 saturated heterocycles. The second kappa shape index (κ2) is 5.74. The Balaban J connectivity index is 2.40. The minimum absolute atomic E-state index is 0.128. The predicted molar refractivity (Wildman–Crippen MR) is 71.5 cm³/mol. The van der Waals surface area contributed by atoms with Crippen LogP contribution < -0.4 is 10.5 Å². The Morgan fingerprint density at radius 3 is 2.43 bits per heavy atom.